The van der Waals surface area contributed by atoms with Crippen LogP contribution in [0, 0.1) is 0 Å². The third-order valence-electron chi connectivity index (χ3n) is 21.8. The molecule has 1 fully saturated rings. The van der Waals surface area contributed by atoms with Gasteiger partial charge in [-0.2, -0.15) is 0 Å². The lowest BCUT2D eigenvalue weighted by atomic mass is 10.0. The maximum absolute atomic E-state index is 11.6. The number of piperazine rings is 1. The number of para-hydroxylation sites is 1. The number of aromatic nitrogens is 10. The van der Waals surface area contributed by atoms with Gasteiger partial charge in [-0.25, -0.2) is 29.5 Å². The molecule has 16 aromatic rings. The van der Waals surface area contributed by atoms with Gasteiger partial charge in [-0.1, -0.05) is 194 Å². The van der Waals surface area contributed by atoms with Crippen molar-refractivity contribution < 1.29 is 58.2 Å². The van der Waals surface area contributed by atoms with Crippen molar-refractivity contribution >= 4 is 34.8 Å². The molecule has 10 heterocycles. The lowest BCUT2D eigenvalue weighted by Gasteiger charge is -2.44. The third-order valence-corrected chi connectivity index (χ3v) is 21.8. The van der Waals surface area contributed by atoms with E-state index in [1.807, 2.05) is 206 Å². The zero-order valence-corrected chi connectivity index (χ0v) is 70.7. The van der Waals surface area contributed by atoms with Crippen molar-refractivity contribution in [3.05, 3.63) is 447 Å². The van der Waals surface area contributed by atoms with E-state index in [1.54, 1.807) is 117 Å². The van der Waals surface area contributed by atoms with Crippen LogP contribution in [0.4, 0.5) is 11.4 Å². The Hall–Kier alpha value is -16.8. The Morgan fingerprint density at radius 1 is 0.392 bits per heavy atom. The van der Waals surface area contributed by atoms with Crippen molar-refractivity contribution in [1.29, 1.82) is 0 Å². The summed E-state index contributed by atoms with van der Waals surface area (Å²) in [6, 6.07) is 86.5. The van der Waals surface area contributed by atoms with Gasteiger partial charge < -0.3 is 82.0 Å². The molecule has 1 saturated heterocycles. The number of carbonyl (C=O) groups is 2. The van der Waals surface area contributed by atoms with E-state index in [-0.39, 0.29) is 53.1 Å². The number of phenolic OH excluding ortho intramolecular Hbond substituents is 5. The van der Waals surface area contributed by atoms with E-state index in [9.17, 15) is 44.7 Å². The van der Waals surface area contributed by atoms with E-state index in [2.05, 4.69) is 75.9 Å². The second-order valence-electron chi connectivity index (χ2n) is 31.2. The van der Waals surface area contributed by atoms with Crippen molar-refractivity contribution in [2.75, 3.05) is 29.4 Å². The maximum Gasteiger partial charge on any atom is 0.416 e. The zero-order chi connectivity index (χ0) is 89.7. The molecule has 130 heavy (non-hydrogen) atoms. The molecule has 1 unspecified atom stereocenters. The van der Waals surface area contributed by atoms with Gasteiger partial charge in [0, 0.05) is 124 Å². The smallest absolute Gasteiger partial charge is 0.416 e. The fraction of sp³-hybridized carbons (Fsp3) is 0.146. The summed E-state index contributed by atoms with van der Waals surface area (Å²) >= 11 is 0. The molecule has 0 saturated carbocycles. The molecule has 0 radical (unpaired) electrons. The monoisotopic (exact) mass is 1740 g/mol. The molecule has 0 spiro atoms. The van der Waals surface area contributed by atoms with E-state index in [1.165, 1.54) is 5.69 Å². The number of oxazole rings is 2. The number of imidazole rings is 4. The Morgan fingerprint density at radius 2 is 0.823 bits per heavy atom. The van der Waals surface area contributed by atoms with Crippen molar-refractivity contribution in [2.24, 2.45) is 0 Å². The molecule has 10 aromatic carbocycles. The summed E-state index contributed by atoms with van der Waals surface area (Å²) in [6.07, 6.45) is 19.3. The Kier molecular flexibility index (Phi) is 27.5. The molecular formula is C103H93N13O14. The van der Waals surface area contributed by atoms with Gasteiger partial charge >= 0.3 is 23.5 Å². The van der Waals surface area contributed by atoms with Crippen LogP contribution >= 0.6 is 0 Å². The molecule has 8 N–H and O–H groups in total. The fourth-order valence-corrected chi connectivity index (χ4v) is 15.8. The standard InChI is InChI=1S/C21H19N3O3.C21H18N2O3.C21H22N2O3.C20H17N3O3.C20H17N3O2/c25-17-8-4-7-16(9-17)13-24-14-23-19(10-15-5-2-1-3-6-15)20(24)11-18-12-22-21(26)27-18;24-17-8-4-7-16(11-17)13-23-14-22-18(12-15-5-2-1-3-6-15)21(23)19-9-10-20(25)26-19;24-19-8-4-7-17(13-19)23-12-11-22(16-5-2-1-3-6-16)15-18(23)14-20-9-10-21(25)26-20;24-16-8-4-5-14(9-16)12-23-13-22-19(15-6-2-1-3-7-15)18(23)10-17-11-21-20(25)26-17;1-14-21-11-18(25-14)20-19(16-7-3-2-4-8-16)22-13-23(20)12-15-6-5-9-17(24)10-15/h1-9,12,14,25H,10-11,13H2,(H,22,26);1-9,11,14,24H,10,12-13H2;1-9,13,18,24H,10-12,14-15H2;1-9,11,13,24H,10,12H2,(H,21,25);2-11,13,21,24H,1,12H2. The quantitative estimate of drug-likeness (QED) is 0.0261. The van der Waals surface area contributed by atoms with Gasteiger partial charge in [0.15, 0.2) is 17.4 Å². The summed E-state index contributed by atoms with van der Waals surface area (Å²) in [6.45, 7) is 8.57. The third kappa shape index (κ3) is 22.8. The molecule has 4 aliphatic rings. The van der Waals surface area contributed by atoms with E-state index < -0.39 is 11.5 Å². The number of ether oxygens (including phenoxy) is 3. The van der Waals surface area contributed by atoms with Crippen molar-refractivity contribution in [3.8, 4) is 51.3 Å². The lowest BCUT2D eigenvalue weighted by molar-refractivity contribution is -0.137. The number of carbonyl (C=O) groups excluding carboxylic acids is 2. The molecule has 27 nitrogen and oxygen atoms in total. The average Bonchev–Trinajstić information content (AvgIpc) is 1.60. The fourth-order valence-electron chi connectivity index (χ4n) is 15.8. The normalized spacial score (nSPS) is 13.7. The number of rotatable bonds is 24. The van der Waals surface area contributed by atoms with E-state index in [0.717, 1.165) is 121 Å². The number of nitrogens with zero attached hydrogens (tertiary/aromatic N) is 10. The molecule has 6 aromatic heterocycles. The summed E-state index contributed by atoms with van der Waals surface area (Å²) in [5.74, 6) is 3.38. The average molecular weight is 1740 g/mol. The molecule has 0 bridgehead atoms. The zero-order valence-electron chi connectivity index (χ0n) is 70.7. The first-order chi connectivity index (χ1) is 63.4. The molecule has 27 heteroatoms. The Bertz CT molecular complexity index is 6800. The molecule has 0 amide bonds. The van der Waals surface area contributed by atoms with Gasteiger partial charge in [-0.3, -0.25) is 19.6 Å². The summed E-state index contributed by atoms with van der Waals surface area (Å²) < 4.78 is 34.8. The predicted molar refractivity (Wildman–Crippen MR) is 493 cm³/mol. The van der Waals surface area contributed by atoms with Crippen LogP contribution in [0.2, 0.25) is 0 Å². The highest BCUT2D eigenvalue weighted by molar-refractivity contribution is 5.85. The Morgan fingerprint density at radius 3 is 1.32 bits per heavy atom. The maximum atomic E-state index is 11.6. The number of hydrogen-bond acceptors (Lipinski definition) is 21. The van der Waals surface area contributed by atoms with E-state index in [0.29, 0.717) is 93.6 Å². The number of phenols is 5. The summed E-state index contributed by atoms with van der Waals surface area (Å²) in [5, 5.41) is 51.7. The predicted octanol–water partition coefficient (Wildman–Crippen LogP) is 16.8. The number of esters is 2. The largest absolute Gasteiger partial charge is 0.508 e. The first kappa shape index (κ1) is 86.7. The number of nitrogens with one attached hydrogen (secondary N) is 3. The van der Waals surface area contributed by atoms with Crippen molar-refractivity contribution in [1.82, 2.24) is 53.5 Å². The number of aromatic hydroxyl groups is 5. The van der Waals surface area contributed by atoms with Crippen molar-refractivity contribution in [2.45, 2.75) is 77.2 Å². The highest BCUT2D eigenvalue weighted by Gasteiger charge is 2.32. The first-order valence-corrected chi connectivity index (χ1v) is 42.3. The van der Waals surface area contributed by atoms with Gasteiger partial charge in [0.25, 0.3) is 0 Å². The van der Waals surface area contributed by atoms with Crippen LogP contribution in [0.5, 0.6) is 28.7 Å². The molecular weight excluding hydrogens is 1640 g/mol. The van der Waals surface area contributed by atoms with Crippen LogP contribution in [0.15, 0.2) is 366 Å². The Labute approximate surface area is 747 Å². The van der Waals surface area contributed by atoms with Crippen LogP contribution < -0.4 is 26.6 Å². The minimum Gasteiger partial charge on any atom is -0.508 e. The molecule has 4 aliphatic heterocycles. The molecule has 0 aliphatic carbocycles. The number of hydrogen-bond donors (Lipinski definition) is 8. The van der Waals surface area contributed by atoms with Crippen LogP contribution in [-0.4, -0.2) is 111 Å². The van der Waals surface area contributed by atoms with Gasteiger partial charge in [-0.05, 0) is 125 Å². The Balaban J connectivity index is 0.000000119. The SMILES string of the molecule is C=C1NC=C(c2c(-c3ccccc3)ncn2Cc2cccc(O)c2)O1.O=C1CC=C(CC2CN(c3ccccc3)CCN2c2cccc(O)c2)O1.O=C1CC=C(c2c(Cc3ccccc3)ncn2Cc2cccc(O)c2)O1.O=c1[nH]cc(Cc2c(-c3ccccc3)ncn2Cc2cccc(O)c2)o1.O=c1[nH]cc(Cc2c(Cc3ccccc3)ncn2Cc2cccc(O)c2)o1. The van der Waals surface area contributed by atoms with E-state index >= 15 is 0 Å². The summed E-state index contributed by atoms with van der Waals surface area (Å²) in [4.78, 5) is 73.8. The van der Waals surface area contributed by atoms with Gasteiger partial charge in [-0.15, -0.1) is 0 Å². The van der Waals surface area contributed by atoms with Crippen LogP contribution in [0.3, 0.4) is 0 Å². The van der Waals surface area contributed by atoms with Gasteiger partial charge in [0.05, 0.1) is 79.1 Å². The molecule has 1 atom stereocenters. The van der Waals surface area contributed by atoms with E-state index in [4.69, 9.17) is 23.0 Å². The minimum absolute atomic E-state index is 0.155. The van der Waals surface area contributed by atoms with Crippen LogP contribution in [0.25, 0.3) is 34.0 Å². The highest BCUT2D eigenvalue weighted by atomic mass is 16.5. The minimum atomic E-state index is -0.472. The second kappa shape index (κ2) is 41.3. The van der Waals surface area contributed by atoms with Crippen LogP contribution in [0.1, 0.15) is 98.3 Å². The van der Waals surface area contributed by atoms with Crippen molar-refractivity contribution in [3.63, 3.8) is 0 Å². The summed E-state index contributed by atoms with van der Waals surface area (Å²) in [7, 11) is 0. The van der Waals surface area contributed by atoms with Gasteiger partial charge in [0.2, 0.25) is 0 Å². The summed E-state index contributed by atoms with van der Waals surface area (Å²) in [5.41, 5.74) is 17.4. The first-order valence-electron chi connectivity index (χ1n) is 42.3. The molecule has 20 rings (SSSR count). The topological polar surface area (TPSA) is 345 Å². The van der Waals surface area contributed by atoms with Crippen LogP contribution in [-0.2, 0) is 75.7 Å². The number of aromatic amines is 2. The van der Waals surface area contributed by atoms with Gasteiger partial charge in [0.1, 0.15) is 57.4 Å². The lowest BCUT2D eigenvalue weighted by Crippen LogP contribution is -2.53. The number of cyclic esters (lactones) is 2. The molecule has 654 valence electrons. The number of anilines is 2. The highest BCUT2D eigenvalue weighted by Crippen LogP contribution is 2.36. The second-order valence-corrected chi connectivity index (χ2v) is 31.2. The number of H-pyrrole nitrogens is 2. The number of benzene rings is 10.